The Hall–Kier alpha value is -1.31. The molecule has 0 atom stereocenters. The highest BCUT2D eigenvalue weighted by molar-refractivity contribution is 14.0. The third-order valence-corrected chi connectivity index (χ3v) is 5.82. The molecule has 2 heterocycles. The number of halogens is 1. The molecule has 1 aromatic carbocycles. The van der Waals surface area contributed by atoms with E-state index in [0.29, 0.717) is 5.41 Å². The van der Waals surface area contributed by atoms with Crippen LogP contribution in [0.25, 0.3) is 11.0 Å². The van der Waals surface area contributed by atoms with Crippen LogP contribution in [-0.2, 0) is 6.54 Å². The van der Waals surface area contributed by atoms with Gasteiger partial charge in [0.2, 0.25) is 0 Å². The number of nitrogens with zero attached hydrogens (tertiary/aromatic N) is 4. The SMILES string of the molecule is CN=C(NCCn1c(C)nc2ccccc21)N1CC(C)(C)C1(C)C.I. The van der Waals surface area contributed by atoms with Gasteiger partial charge in [-0.1, -0.05) is 26.0 Å². The lowest BCUT2D eigenvalue weighted by atomic mass is 9.65. The molecule has 5 nitrogen and oxygen atoms in total. The van der Waals surface area contributed by atoms with Crippen LogP contribution in [0.4, 0.5) is 0 Å². The Kier molecular flexibility index (Phi) is 5.71. The number of guanidine groups is 1. The van der Waals surface area contributed by atoms with Crippen molar-refractivity contribution in [1.82, 2.24) is 19.8 Å². The first-order valence-corrected chi connectivity index (χ1v) is 8.68. The summed E-state index contributed by atoms with van der Waals surface area (Å²) in [5.74, 6) is 2.04. The van der Waals surface area contributed by atoms with Gasteiger partial charge < -0.3 is 14.8 Å². The van der Waals surface area contributed by atoms with Crippen molar-refractivity contribution in [3.63, 3.8) is 0 Å². The van der Waals surface area contributed by atoms with Gasteiger partial charge in [-0.15, -0.1) is 24.0 Å². The molecule has 6 heteroatoms. The number of imidazole rings is 1. The summed E-state index contributed by atoms with van der Waals surface area (Å²) in [5.41, 5.74) is 2.68. The number of hydrogen-bond acceptors (Lipinski definition) is 2. The van der Waals surface area contributed by atoms with Crippen LogP contribution in [0.1, 0.15) is 33.5 Å². The molecule has 25 heavy (non-hydrogen) atoms. The summed E-state index contributed by atoms with van der Waals surface area (Å²) >= 11 is 0. The molecule has 0 saturated carbocycles. The molecule has 1 aliphatic rings. The van der Waals surface area contributed by atoms with E-state index >= 15 is 0 Å². The second-order valence-corrected chi connectivity index (χ2v) is 7.80. The second-order valence-electron chi connectivity index (χ2n) is 7.80. The molecule has 1 aliphatic heterocycles. The van der Waals surface area contributed by atoms with Gasteiger partial charge in [0.15, 0.2) is 5.96 Å². The van der Waals surface area contributed by atoms with E-state index in [0.717, 1.165) is 36.9 Å². The first kappa shape index (κ1) is 20.0. The number of rotatable bonds is 3. The number of aliphatic imine (C=N–C) groups is 1. The Morgan fingerprint density at radius 3 is 2.52 bits per heavy atom. The van der Waals surface area contributed by atoms with E-state index < -0.39 is 0 Å². The van der Waals surface area contributed by atoms with Crippen LogP contribution in [-0.4, -0.2) is 46.1 Å². The number of benzene rings is 1. The minimum Gasteiger partial charge on any atom is -0.354 e. The molecule has 2 aromatic rings. The number of nitrogens with one attached hydrogen (secondary N) is 1. The van der Waals surface area contributed by atoms with Crippen molar-refractivity contribution in [2.24, 2.45) is 10.4 Å². The fraction of sp³-hybridized carbons (Fsp3) is 0.579. The third kappa shape index (κ3) is 3.37. The fourth-order valence-corrected chi connectivity index (χ4v) is 3.45. The quantitative estimate of drug-likeness (QED) is 0.437. The van der Waals surface area contributed by atoms with Gasteiger partial charge in [0.05, 0.1) is 11.0 Å². The Morgan fingerprint density at radius 1 is 1.24 bits per heavy atom. The summed E-state index contributed by atoms with van der Waals surface area (Å²) in [5, 5.41) is 3.52. The van der Waals surface area contributed by atoms with Gasteiger partial charge in [0.25, 0.3) is 0 Å². The van der Waals surface area contributed by atoms with E-state index in [4.69, 9.17) is 0 Å². The lowest BCUT2D eigenvalue weighted by Crippen LogP contribution is -2.72. The Labute approximate surface area is 167 Å². The molecule has 1 fully saturated rings. The van der Waals surface area contributed by atoms with Gasteiger partial charge in [-0.2, -0.15) is 0 Å². The lowest BCUT2D eigenvalue weighted by Gasteiger charge is -2.62. The van der Waals surface area contributed by atoms with Crippen molar-refractivity contribution in [2.45, 2.75) is 46.7 Å². The minimum atomic E-state index is 0. The Morgan fingerprint density at radius 2 is 1.92 bits per heavy atom. The lowest BCUT2D eigenvalue weighted by molar-refractivity contribution is -0.0667. The van der Waals surface area contributed by atoms with Crippen molar-refractivity contribution in [3.8, 4) is 0 Å². The fourth-order valence-electron chi connectivity index (χ4n) is 3.45. The van der Waals surface area contributed by atoms with Gasteiger partial charge in [0.1, 0.15) is 5.82 Å². The van der Waals surface area contributed by atoms with Gasteiger partial charge in [0, 0.05) is 37.6 Å². The van der Waals surface area contributed by atoms with E-state index in [2.05, 4.69) is 77.6 Å². The number of fused-ring (bicyclic) bond motifs is 1. The molecule has 0 spiro atoms. The van der Waals surface area contributed by atoms with E-state index in [1.807, 2.05) is 13.1 Å². The standard InChI is InChI=1S/C19H29N5.HI/c1-14-22-15-9-7-8-10-16(15)23(14)12-11-21-17(20-6)24-13-18(2,3)19(24,4)5;/h7-10H,11-13H2,1-6H3,(H,20,21);1H. The number of para-hydroxylation sites is 2. The maximum atomic E-state index is 4.63. The third-order valence-electron chi connectivity index (χ3n) is 5.82. The highest BCUT2D eigenvalue weighted by Gasteiger charge is 2.53. The van der Waals surface area contributed by atoms with Crippen LogP contribution in [0.3, 0.4) is 0 Å². The highest BCUT2D eigenvalue weighted by atomic mass is 127. The summed E-state index contributed by atoms with van der Waals surface area (Å²) in [6.45, 7) is 14.0. The molecule has 0 unspecified atom stereocenters. The van der Waals surface area contributed by atoms with Crippen LogP contribution >= 0.6 is 24.0 Å². The van der Waals surface area contributed by atoms with Crippen LogP contribution < -0.4 is 5.32 Å². The Bertz CT molecular complexity index is 775. The van der Waals surface area contributed by atoms with E-state index in [1.54, 1.807) is 0 Å². The largest absolute Gasteiger partial charge is 0.354 e. The smallest absolute Gasteiger partial charge is 0.194 e. The maximum Gasteiger partial charge on any atom is 0.194 e. The Balaban J connectivity index is 0.00000225. The molecular weight excluding hydrogens is 425 g/mol. The van der Waals surface area contributed by atoms with Crippen molar-refractivity contribution in [2.75, 3.05) is 20.1 Å². The molecular formula is C19H30IN5. The van der Waals surface area contributed by atoms with Crippen LogP contribution in [0.5, 0.6) is 0 Å². The van der Waals surface area contributed by atoms with Gasteiger partial charge in [-0.05, 0) is 32.9 Å². The van der Waals surface area contributed by atoms with Crippen LogP contribution in [0.2, 0.25) is 0 Å². The van der Waals surface area contributed by atoms with Crippen molar-refractivity contribution < 1.29 is 0 Å². The topological polar surface area (TPSA) is 45.5 Å². The predicted molar refractivity (Wildman–Crippen MR) is 116 cm³/mol. The molecule has 0 amide bonds. The predicted octanol–water partition coefficient (Wildman–Crippen LogP) is 3.66. The number of likely N-dealkylation sites (tertiary alicyclic amines) is 1. The molecule has 0 radical (unpaired) electrons. The van der Waals surface area contributed by atoms with E-state index in [9.17, 15) is 0 Å². The van der Waals surface area contributed by atoms with Gasteiger partial charge in [-0.25, -0.2) is 4.98 Å². The zero-order chi connectivity index (χ0) is 17.5. The number of aromatic nitrogens is 2. The number of hydrogen-bond donors (Lipinski definition) is 1. The average molecular weight is 455 g/mol. The first-order chi connectivity index (χ1) is 11.3. The molecule has 0 bridgehead atoms. The monoisotopic (exact) mass is 455 g/mol. The first-order valence-electron chi connectivity index (χ1n) is 8.68. The van der Waals surface area contributed by atoms with Crippen molar-refractivity contribution in [1.29, 1.82) is 0 Å². The van der Waals surface area contributed by atoms with Gasteiger partial charge >= 0.3 is 0 Å². The molecule has 0 aliphatic carbocycles. The van der Waals surface area contributed by atoms with Gasteiger partial charge in [-0.3, -0.25) is 4.99 Å². The summed E-state index contributed by atoms with van der Waals surface area (Å²) < 4.78 is 2.26. The highest BCUT2D eigenvalue weighted by Crippen LogP contribution is 2.46. The second kappa shape index (κ2) is 7.13. The molecule has 1 N–H and O–H groups in total. The maximum absolute atomic E-state index is 4.63. The number of aryl methyl sites for hydroxylation is 1. The zero-order valence-corrected chi connectivity index (χ0v) is 18.5. The van der Waals surface area contributed by atoms with Crippen LogP contribution in [0, 0.1) is 12.3 Å². The zero-order valence-electron chi connectivity index (χ0n) is 16.1. The normalized spacial score (nSPS) is 18.6. The summed E-state index contributed by atoms with van der Waals surface area (Å²) in [7, 11) is 1.86. The summed E-state index contributed by atoms with van der Waals surface area (Å²) in [6, 6.07) is 8.30. The van der Waals surface area contributed by atoms with Crippen molar-refractivity contribution in [3.05, 3.63) is 30.1 Å². The molecule has 1 saturated heterocycles. The van der Waals surface area contributed by atoms with Crippen LogP contribution in [0.15, 0.2) is 29.3 Å². The van der Waals surface area contributed by atoms with Crippen molar-refractivity contribution >= 4 is 41.0 Å². The molecule has 138 valence electrons. The minimum absolute atomic E-state index is 0. The summed E-state index contributed by atoms with van der Waals surface area (Å²) in [6.07, 6.45) is 0. The molecule has 1 aromatic heterocycles. The average Bonchev–Trinajstić information content (AvgIpc) is 2.85. The van der Waals surface area contributed by atoms with E-state index in [1.165, 1.54) is 5.52 Å². The molecule has 3 rings (SSSR count). The van der Waals surface area contributed by atoms with E-state index in [-0.39, 0.29) is 29.5 Å². The summed E-state index contributed by atoms with van der Waals surface area (Å²) in [4.78, 5) is 11.5.